The fourth-order valence-electron chi connectivity index (χ4n) is 2.34. The summed E-state index contributed by atoms with van der Waals surface area (Å²) >= 11 is 0. The van der Waals surface area contributed by atoms with E-state index in [1.165, 1.54) is 6.42 Å². The van der Waals surface area contributed by atoms with Crippen molar-refractivity contribution in [1.82, 2.24) is 10.6 Å². The van der Waals surface area contributed by atoms with Crippen molar-refractivity contribution in [3.8, 4) is 0 Å². The molecule has 4 atom stereocenters. The minimum absolute atomic E-state index is 0.165. The first-order valence-electron chi connectivity index (χ1n) is 6.69. The van der Waals surface area contributed by atoms with Gasteiger partial charge in [0.2, 0.25) is 0 Å². The fraction of sp³-hybridized carbons (Fsp3) is 0.846. The molecule has 1 aliphatic carbocycles. The molecular formula is C13H24N2O3. The lowest BCUT2D eigenvalue weighted by Gasteiger charge is -2.34. The van der Waals surface area contributed by atoms with Crippen LogP contribution in [0.1, 0.15) is 40.0 Å². The van der Waals surface area contributed by atoms with E-state index < -0.39 is 11.9 Å². The fourth-order valence-corrected chi connectivity index (χ4v) is 2.34. The molecule has 3 N–H and O–H groups in total. The van der Waals surface area contributed by atoms with Crippen molar-refractivity contribution >= 4 is 12.0 Å². The predicted octanol–water partition coefficient (Wildman–Crippen LogP) is 1.83. The Balaban J connectivity index is 2.33. The van der Waals surface area contributed by atoms with Crippen LogP contribution in [0.25, 0.3) is 0 Å². The van der Waals surface area contributed by atoms with Gasteiger partial charge in [0, 0.05) is 12.6 Å². The summed E-state index contributed by atoms with van der Waals surface area (Å²) < 4.78 is 0. The number of hydrogen-bond acceptors (Lipinski definition) is 2. The molecule has 5 nitrogen and oxygen atoms in total. The van der Waals surface area contributed by atoms with E-state index in [-0.39, 0.29) is 18.6 Å². The second-order valence-corrected chi connectivity index (χ2v) is 5.47. The van der Waals surface area contributed by atoms with Crippen LogP contribution >= 0.6 is 0 Å². The Bertz CT molecular complexity index is 307. The third kappa shape index (κ3) is 4.20. The van der Waals surface area contributed by atoms with Crippen LogP contribution in [-0.2, 0) is 4.79 Å². The SMILES string of the molecule is CC(CNC(=O)NC1CCCC(C)C1C)C(=O)O. The maximum Gasteiger partial charge on any atom is 0.315 e. The van der Waals surface area contributed by atoms with E-state index in [0.29, 0.717) is 11.8 Å². The van der Waals surface area contributed by atoms with Crippen molar-refractivity contribution in [2.75, 3.05) is 6.54 Å². The zero-order valence-electron chi connectivity index (χ0n) is 11.4. The van der Waals surface area contributed by atoms with Crippen LogP contribution in [0.15, 0.2) is 0 Å². The largest absolute Gasteiger partial charge is 0.481 e. The van der Waals surface area contributed by atoms with E-state index in [1.807, 2.05) is 0 Å². The number of carboxylic acid groups (broad SMARTS) is 1. The topological polar surface area (TPSA) is 78.4 Å². The van der Waals surface area contributed by atoms with Gasteiger partial charge >= 0.3 is 12.0 Å². The number of rotatable bonds is 4. The van der Waals surface area contributed by atoms with Crippen LogP contribution in [0.5, 0.6) is 0 Å². The molecule has 0 heterocycles. The molecule has 0 aliphatic heterocycles. The van der Waals surface area contributed by atoms with Gasteiger partial charge < -0.3 is 15.7 Å². The number of amides is 2. The molecule has 0 aromatic carbocycles. The minimum atomic E-state index is -0.894. The van der Waals surface area contributed by atoms with Crippen LogP contribution in [0.4, 0.5) is 4.79 Å². The summed E-state index contributed by atoms with van der Waals surface area (Å²) in [5.41, 5.74) is 0. The summed E-state index contributed by atoms with van der Waals surface area (Å²) in [6, 6.07) is -0.0528. The van der Waals surface area contributed by atoms with Gasteiger partial charge in [-0.25, -0.2) is 4.79 Å². The van der Waals surface area contributed by atoms with Crippen molar-refractivity contribution in [1.29, 1.82) is 0 Å². The smallest absolute Gasteiger partial charge is 0.315 e. The number of urea groups is 1. The Hall–Kier alpha value is -1.26. The molecule has 5 heteroatoms. The molecule has 0 spiro atoms. The van der Waals surface area contributed by atoms with Crippen molar-refractivity contribution in [2.24, 2.45) is 17.8 Å². The summed E-state index contributed by atoms with van der Waals surface area (Å²) in [6.45, 7) is 6.11. The molecule has 1 saturated carbocycles. The molecule has 0 aromatic rings. The van der Waals surface area contributed by atoms with Gasteiger partial charge in [-0.05, 0) is 18.3 Å². The Labute approximate surface area is 108 Å². The quantitative estimate of drug-likeness (QED) is 0.718. The number of carbonyl (C=O) groups is 2. The van der Waals surface area contributed by atoms with E-state index in [4.69, 9.17) is 5.11 Å². The summed E-state index contributed by atoms with van der Waals surface area (Å²) in [7, 11) is 0. The van der Waals surface area contributed by atoms with Gasteiger partial charge in [0.15, 0.2) is 0 Å². The highest BCUT2D eigenvalue weighted by Gasteiger charge is 2.28. The van der Waals surface area contributed by atoms with Gasteiger partial charge in [-0.15, -0.1) is 0 Å². The number of nitrogens with one attached hydrogen (secondary N) is 2. The Kier molecular flexibility index (Phi) is 5.44. The molecule has 18 heavy (non-hydrogen) atoms. The molecule has 1 aliphatic rings. The normalized spacial score (nSPS) is 29.4. The average molecular weight is 256 g/mol. The zero-order valence-corrected chi connectivity index (χ0v) is 11.4. The third-order valence-electron chi connectivity index (χ3n) is 4.01. The summed E-state index contributed by atoms with van der Waals surface area (Å²) in [5.74, 6) is -0.350. The second-order valence-electron chi connectivity index (χ2n) is 5.47. The van der Waals surface area contributed by atoms with Crippen LogP contribution in [0, 0.1) is 17.8 Å². The standard InChI is InChI=1S/C13H24N2O3/c1-8-5-4-6-11(10(8)3)15-13(18)14-7-9(2)12(16)17/h8-11H,4-7H2,1-3H3,(H,16,17)(H2,14,15,18). The predicted molar refractivity (Wildman–Crippen MR) is 69.3 cm³/mol. The summed E-state index contributed by atoms with van der Waals surface area (Å²) in [6.07, 6.45) is 3.37. The van der Waals surface area contributed by atoms with Crippen LogP contribution < -0.4 is 10.6 Å². The molecule has 1 rings (SSSR count). The molecule has 0 bridgehead atoms. The minimum Gasteiger partial charge on any atom is -0.481 e. The Morgan fingerprint density at radius 1 is 1.33 bits per heavy atom. The maximum atomic E-state index is 11.7. The highest BCUT2D eigenvalue weighted by atomic mass is 16.4. The Morgan fingerprint density at radius 3 is 2.61 bits per heavy atom. The number of carboxylic acids is 1. The second kappa shape index (κ2) is 6.61. The highest BCUT2D eigenvalue weighted by Crippen LogP contribution is 2.29. The lowest BCUT2D eigenvalue weighted by atomic mass is 9.78. The van der Waals surface area contributed by atoms with Crippen LogP contribution in [-0.4, -0.2) is 29.7 Å². The highest BCUT2D eigenvalue weighted by molar-refractivity contribution is 5.76. The van der Waals surface area contributed by atoms with Gasteiger partial charge in [0.1, 0.15) is 0 Å². The molecule has 0 radical (unpaired) electrons. The molecule has 0 saturated heterocycles. The van der Waals surface area contributed by atoms with Crippen molar-refractivity contribution in [3.63, 3.8) is 0 Å². The van der Waals surface area contributed by atoms with E-state index in [9.17, 15) is 9.59 Å². The van der Waals surface area contributed by atoms with Crippen molar-refractivity contribution in [2.45, 2.75) is 46.1 Å². The van der Waals surface area contributed by atoms with Gasteiger partial charge in [-0.2, -0.15) is 0 Å². The summed E-state index contributed by atoms with van der Waals surface area (Å²) in [4.78, 5) is 22.3. The maximum absolute atomic E-state index is 11.7. The average Bonchev–Trinajstić information content (AvgIpc) is 2.32. The third-order valence-corrected chi connectivity index (χ3v) is 4.01. The van der Waals surface area contributed by atoms with Gasteiger partial charge in [-0.3, -0.25) is 4.79 Å². The van der Waals surface area contributed by atoms with Crippen LogP contribution in [0.2, 0.25) is 0 Å². The molecular weight excluding hydrogens is 232 g/mol. The van der Waals surface area contributed by atoms with Crippen LogP contribution in [0.3, 0.4) is 0 Å². The first-order chi connectivity index (χ1) is 8.41. The van der Waals surface area contributed by atoms with Gasteiger partial charge in [-0.1, -0.05) is 33.6 Å². The first-order valence-corrected chi connectivity index (χ1v) is 6.69. The first kappa shape index (κ1) is 14.8. The summed E-state index contributed by atoms with van der Waals surface area (Å²) in [5, 5.41) is 14.3. The van der Waals surface area contributed by atoms with Crippen molar-refractivity contribution in [3.05, 3.63) is 0 Å². The molecule has 0 aromatic heterocycles. The number of carbonyl (C=O) groups excluding carboxylic acids is 1. The molecule has 104 valence electrons. The van der Waals surface area contributed by atoms with E-state index in [2.05, 4.69) is 24.5 Å². The lowest BCUT2D eigenvalue weighted by Crippen LogP contribution is -2.48. The number of aliphatic carboxylic acids is 1. The van der Waals surface area contributed by atoms with E-state index >= 15 is 0 Å². The molecule has 4 unspecified atom stereocenters. The monoisotopic (exact) mass is 256 g/mol. The molecule has 2 amide bonds. The zero-order chi connectivity index (χ0) is 13.7. The van der Waals surface area contributed by atoms with Gasteiger partial charge in [0.05, 0.1) is 5.92 Å². The molecule has 1 fully saturated rings. The lowest BCUT2D eigenvalue weighted by molar-refractivity contribution is -0.140. The number of hydrogen-bond donors (Lipinski definition) is 3. The Morgan fingerprint density at radius 2 is 2.00 bits per heavy atom. The van der Waals surface area contributed by atoms with Crippen molar-refractivity contribution < 1.29 is 14.7 Å². The van der Waals surface area contributed by atoms with E-state index in [0.717, 1.165) is 12.8 Å². The van der Waals surface area contributed by atoms with E-state index in [1.54, 1.807) is 6.92 Å². The van der Waals surface area contributed by atoms with Gasteiger partial charge in [0.25, 0.3) is 0 Å².